The molecule has 8 heteroatoms. The third-order valence-corrected chi connectivity index (χ3v) is 6.29. The monoisotopic (exact) mass is 502 g/mol. The number of amides is 1. The second-order valence-corrected chi connectivity index (χ2v) is 10.2. The van der Waals surface area contributed by atoms with Crippen LogP contribution >= 0.6 is 0 Å². The third kappa shape index (κ3) is 5.75. The van der Waals surface area contributed by atoms with Gasteiger partial charge in [0.15, 0.2) is 5.76 Å². The fourth-order valence-corrected chi connectivity index (χ4v) is 4.49. The Morgan fingerprint density at radius 2 is 1.76 bits per heavy atom. The Hall–Kier alpha value is -3.91. The van der Waals surface area contributed by atoms with Gasteiger partial charge in [0.25, 0.3) is 0 Å². The van der Waals surface area contributed by atoms with Gasteiger partial charge < -0.3 is 14.1 Å². The van der Waals surface area contributed by atoms with Crippen molar-refractivity contribution in [2.24, 2.45) is 0 Å². The van der Waals surface area contributed by atoms with Crippen LogP contribution in [0.4, 0.5) is 9.18 Å². The molecule has 7 nitrogen and oxygen atoms in total. The molecule has 0 N–H and O–H groups in total. The Balaban J connectivity index is 1.34. The van der Waals surface area contributed by atoms with Crippen molar-refractivity contribution in [1.82, 2.24) is 19.6 Å². The van der Waals surface area contributed by atoms with Gasteiger partial charge >= 0.3 is 6.09 Å². The van der Waals surface area contributed by atoms with Gasteiger partial charge in [-0.05, 0) is 68.3 Å². The summed E-state index contributed by atoms with van der Waals surface area (Å²) in [5.41, 5.74) is 4.05. The molecule has 0 unspecified atom stereocenters. The van der Waals surface area contributed by atoms with E-state index in [2.05, 4.69) is 4.90 Å². The lowest BCUT2D eigenvalue weighted by atomic mass is 10.1. The van der Waals surface area contributed by atoms with Gasteiger partial charge in [-0.2, -0.15) is 5.10 Å². The molecule has 5 rings (SSSR count). The molecule has 2 aromatic heterocycles. The van der Waals surface area contributed by atoms with E-state index in [0.29, 0.717) is 19.6 Å². The van der Waals surface area contributed by atoms with Crippen LogP contribution in [0.1, 0.15) is 26.3 Å². The van der Waals surface area contributed by atoms with Crippen molar-refractivity contribution in [2.45, 2.75) is 32.9 Å². The van der Waals surface area contributed by atoms with Gasteiger partial charge in [0.2, 0.25) is 0 Å². The maximum Gasteiger partial charge on any atom is 0.410 e. The van der Waals surface area contributed by atoms with E-state index >= 15 is 0 Å². The average Bonchev–Trinajstić information content (AvgIpc) is 3.53. The number of furan rings is 1. The molecular formula is C29H31FN4O3. The van der Waals surface area contributed by atoms with Crippen LogP contribution in [-0.2, 0) is 11.3 Å². The molecular weight excluding hydrogens is 471 g/mol. The van der Waals surface area contributed by atoms with Crippen LogP contribution in [0.25, 0.3) is 28.3 Å². The van der Waals surface area contributed by atoms with Crippen LogP contribution in [0, 0.1) is 5.82 Å². The van der Waals surface area contributed by atoms with Gasteiger partial charge in [-0.3, -0.25) is 4.90 Å². The summed E-state index contributed by atoms with van der Waals surface area (Å²) in [6.07, 6.45) is 3.26. The fraction of sp³-hybridized carbons (Fsp3) is 0.310. The Morgan fingerprint density at radius 1 is 1.00 bits per heavy atom. The molecule has 0 atom stereocenters. The number of ether oxygens (including phenoxy) is 1. The summed E-state index contributed by atoms with van der Waals surface area (Å²) >= 11 is 0. The summed E-state index contributed by atoms with van der Waals surface area (Å²) in [6.45, 7) is 9.02. The lowest BCUT2D eigenvalue weighted by molar-refractivity contribution is 0.0139. The smallest absolute Gasteiger partial charge is 0.410 e. The van der Waals surface area contributed by atoms with E-state index in [4.69, 9.17) is 14.3 Å². The molecule has 1 aliphatic rings. The number of halogens is 1. The number of aromatic nitrogens is 2. The number of hydrogen-bond acceptors (Lipinski definition) is 5. The molecule has 37 heavy (non-hydrogen) atoms. The van der Waals surface area contributed by atoms with E-state index in [-0.39, 0.29) is 11.9 Å². The van der Waals surface area contributed by atoms with Gasteiger partial charge in [-0.1, -0.05) is 24.3 Å². The van der Waals surface area contributed by atoms with Crippen molar-refractivity contribution in [3.05, 3.63) is 84.5 Å². The van der Waals surface area contributed by atoms with Gasteiger partial charge in [-0.15, -0.1) is 0 Å². The van der Waals surface area contributed by atoms with Crippen molar-refractivity contribution in [3.8, 4) is 28.3 Å². The maximum atomic E-state index is 13.7. The zero-order valence-corrected chi connectivity index (χ0v) is 21.4. The lowest BCUT2D eigenvalue weighted by Crippen LogP contribution is -2.49. The first kappa shape index (κ1) is 24.8. The molecule has 0 saturated carbocycles. The highest BCUT2D eigenvalue weighted by Crippen LogP contribution is 2.30. The second kappa shape index (κ2) is 10.2. The van der Waals surface area contributed by atoms with E-state index in [1.807, 2.05) is 74.1 Å². The number of carbonyl (C=O) groups is 1. The number of nitrogens with zero attached hydrogens (tertiary/aromatic N) is 4. The van der Waals surface area contributed by atoms with Crippen LogP contribution in [-0.4, -0.2) is 57.5 Å². The Labute approximate surface area is 216 Å². The number of rotatable bonds is 5. The van der Waals surface area contributed by atoms with Crippen LogP contribution in [0.2, 0.25) is 0 Å². The van der Waals surface area contributed by atoms with Crippen LogP contribution in [0.15, 0.2) is 77.5 Å². The van der Waals surface area contributed by atoms with Crippen molar-refractivity contribution in [1.29, 1.82) is 0 Å². The van der Waals surface area contributed by atoms with E-state index in [0.717, 1.165) is 46.9 Å². The summed E-state index contributed by atoms with van der Waals surface area (Å²) in [4.78, 5) is 16.5. The van der Waals surface area contributed by atoms with Crippen molar-refractivity contribution in [3.63, 3.8) is 0 Å². The molecule has 3 heterocycles. The molecule has 2 aromatic carbocycles. The number of hydrogen-bond donors (Lipinski definition) is 0. The molecule has 0 radical (unpaired) electrons. The first-order chi connectivity index (χ1) is 17.8. The van der Waals surface area contributed by atoms with Crippen LogP contribution in [0.5, 0.6) is 0 Å². The molecule has 192 valence electrons. The molecule has 1 aliphatic heterocycles. The summed E-state index contributed by atoms with van der Waals surface area (Å²) in [6, 6.07) is 18.2. The average molecular weight is 503 g/mol. The SMILES string of the molecule is CC(C)(C)OC(=O)N1CCN(Cc2cnn(-c3ccc(-c4cccc(F)c4)cc3)c2-c2ccco2)CC1. The fourth-order valence-electron chi connectivity index (χ4n) is 4.49. The molecule has 0 aliphatic carbocycles. The minimum atomic E-state index is -0.504. The Kier molecular flexibility index (Phi) is 6.84. The standard InChI is InChI=1S/C29H31FN4O3/c1-29(2,3)37-28(35)33-15-13-32(14-16-33)20-23-19-31-34(27(23)26-8-5-17-36-26)25-11-9-21(10-12-25)22-6-4-7-24(30)18-22/h4-12,17-19H,13-16,20H2,1-3H3. The summed E-state index contributed by atoms with van der Waals surface area (Å²) in [7, 11) is 0. The molecule has 1 saturated heterocycles. The van der Waals surface area contributed by atoms with E-state index in [1.165, 1.54) is 12.1 Å². The van der Waals surface area contributed by atoms with Crippen LogP contribution in [0.3, 0.4) is 0 Å². The highest BCUT2D eigenvalue weighted by Gasteiger charge is 2.27. The van der Waals surface area contributed by atoms with Crippen molar-refractivity contribution >= 4 is 6.09 Å². The zero-order valence-electron chi connectivity index (χ0n) is 21.4. The van der Waals surface area contributed by atoms with E-state index in [9.17, 15) is 9.18 Å². The molecule has 1 amide bonds. The number of benzene rings is 2. The zero-order chi connectivity index (χ0) is 26.0. The molecule has 0 spiro atoms. The van der Waals surface area contributed by atoms with Crippen molar-refractivity contribution < 1.29 is 18.3 Å². The maximum absolute atomic E-state index is 13.7. The predicted octanol–water partition coefficient (Wildman–Crippen LogP) is 5.99. The van der Waals surface area contributed by atoms with Gasteiger partial charge in [0.1, 0.15) is 17.1 Å². The van der Waals surface area contributed by atoms with Gasteiger partial charge in [-0.25, -0.2) is 13.9 Å². The predicted molar refractivity (Wildman–Crippen MR) is 140 cm³/mol. The quantitative estimate of drug-likeness (QED) is 0.335. The molecule has 1 fully saturated rings. The summed E-state index contributed by atoms with van der Waals surface area (Å²) in [5, 5.41) is 4.69. The largest absolute Gasteiger partial charge is 0.463 e. The lowest BCUT2D eigenvalue weighted by Gasteiger charge is -2.35. The summed E-state index contributed by atoms with van der Waals surface area (Å²) in [5.74, 6) is 0.472. The van der Waals surface area contributed by atoms with E-state index in [1.54, 1.807) is 17.2 Å². The van der Waals surface area contributed by atoms with Gasteiger partial charge in [0, 0.05) is 38.3 Å². The second-order valence-electron chi connectivity index (χ2n) is 10.2. The van der Waals surface area contributed by atoms with Crippen LogP contribution < -0.4 is 0 Å². The normalized spacial score (nSPS) is 14.6. The highest BCUT2D eigenvalue weighted by molar-refractivity contribution is 5.68. The summed E-state index contributed by atoms with van der Waals surface area (Å²) < 4.78 is 26.8. The topological polar surface area (TPSA) is 63.7 Å². The number of carbonyl (C=O) groups excluding carboxylic acids is 1. The van der Waals surface area contributed by atoms with Crippen molar-refractivity contribution in [2.75, 3.05) is 26.2 Å². The van der Waals surface area contributed by atoms with E-state index < -0.39 is 5.60 Å². The Bertz CT molecular complexity index is 1350. The minimum absolute atomic E-state index is 0.259. The Morgan fingerprint density at radius 3 is 2.41 bits per heavy atom. The first-order valence-corrected chi connectivity index (χ1v) is 12.4. The number of piperazine rings is 1. The first-order valence-electron chi connectivity index (χ1n) is 12.4. The van der Waals surface area contributed by atoms with Gasteiger partial charge in [0.05, 0.1) is 18.1 Å². The highest BCUT2D eigenvalue weighted by atomic mass is 19.1. The molecule has 4 aromatic rings. The minimum Gasteiger partial charge on any atom is -0.463 e. The third-order valence-electron chi connectivity index (χ3n) is 6.29. The molecule has 0 bridgehead atoms.